The Morgan fingerprint density at radius 1 is 1.08 bits per heavy atom. The maximum atomic E-state index is 13.6. The second kappa shape index (κ2) is 12.7. The lowest BCUT2D eigenvalue weighted by Crippen LogP contribution is -2.52. The van der Waals surface area contributed by atoms with Crippen molar-refractivity contribution in [1.82, 2.24) is 14.8 Å². The van der Waals surface area contributed by atoms with E-state index in [2.05, 4.69) is 34.9 Å². The number of aryl methyl sites for hydroxylation is 1. The molecule has 0 spiro atoms. The zero-order valence-corrected chi connectivity index (χ0v) is 28.6. The second-order valence-electron chi connectivity index (χ2n) is 14.6. The van der Waals surface area contributed by atoms with Crippen LogP contribution >= 0.6 is 0 Å². The van der Waals surface area contributed by atoms with Gasteiger partial charge in [-0.25, -0.2) is 4.98 Å². The summed E-state index contributed by atoms with van der Waals surface area (Å²) in [6.45, 7) is 7.34. The number of aromatic nitrogens is 1. The summed E-state index contributed by atoms with van der Waals surface area (Å²) >= 11 is 0. The van der Waals surface area contributed by atoms with E-state index < -0.39 is 5.60 Å². The summed E-state index contributed by atoms with van der Waals surface area (Å²) in [7, 11) is 1.74. The first-order chi connectivity index (χ1) is 23.2. The molecule has 1 aliphatic heterocycles. The first-order valence-corrected chi connectivity index (χ1v) is 17.8. The Labute approximate surface area is 284 Å². The molecule has 3 aromatic rings. The van der Waals surface area contributed by atoms with E-state index >= 15 is 0 Å². The van der Waals surface area contributed by atoms with Crippen LogP contribution in [0.4, 0.5) is 5.69 Å². The first-order valence-electron chi connectivity index (χ1n) is 17.8. The number of para-hydroxylation sites is 1. The molecule has 7 rings (SSSR count). The molecule has 8 nitrogen and oxygen atoms in total. The molecule has 1 saturated heterocycles. The number of carbonyl (C=O) groups is 2. The summed E-state index contributed by atoms with van der Waals surface area (Å²) in [6.07, 6.45) is 12.4. The topological polar surface area (TPSA) is 86.2 Å². The summed E-state index contributed by atoms with van der Waals surface area (Å²) in [4.78, 5) is 37.5. The van der Waals surface area contributed by atoms with Gasteiger partial charge in [0, 0.05) is 43.5 Å². The standard InChI is InChI=1S/C40H48N4O4/c1-5-19-44(38(46)34-14-12-27-9-7-8-10-33(27)41-34)26-37(45)43-22-20-42(21-23-43)35-25-31-28(24-36(35)48-4)11-13-30-29(31)15-17-39(3)32(30)16-18-40(39,47)6-2/h2,7-10,12,14,24-25,29-30,32,47H,5,11,13,15-23,26H2,1,3-4H3/t29-,30+,32-,39-,40-/m0/s1. The number of nitrogens with zero attached hydrogens (tertiary/aromatic N) is 4. The van der Waals surface area contributed by atoms with E-state index in [1.165, 1.54) is 11.1 Å². The number of terminal acetylenes is 1. The maximum absolute atomic E-state index is 13.6. The Kier molecular flexibility index (Phi) is 8.62. The van der Waals surface area contributed by atoms with Crippen LogP contribution in [0.15, 0.2) is 48.5 Å². The summed E-state index contributed by atoms with van der Waals surface area (Å²) in [5.74, 6) is 4.84. The fraction of sp³-hybridized carbons (Fsp3) is 0.525. The van der Waals surface area contributed by atoms with Crippen molar-refractivity contribution >= 4 is 28.4 Å². The van der Waals surface area contributed by atoms with E-state index in [4.69, 9.17) is 11.2 Å². The summed E-state index contributed by atoms with van der Waals surface area (Å²) in [5, 5.41) is 12.3. The van der Waals surface area contributed by atoms with E-state index in [-0.39, 0.29) is 23.8 Å². The number of amides is 2. The molecule has 252 valence electrons. The van der Waals surface area contributed by atoms with Crippen molar-refractivity contribution in [3.8, 4) is 18.1 Å². The molecule has 48 heavy (non-hydrogen) atoms. The molecular weight excluding hydrogens is 600 g/mol. The highest BCUT2D eigenvalue weighted by Crippen LogP contribution is 2.64. The van der Waals surface area contributed by atoms with Crippen molar-refractivity contribution in [3.63, 3.8) is 0 Å². The Morgan fingerprint density at radius 3 is 2.62 bits per heavy atom. The molecule has 1 N–H and O–H groups in total. The number of anilines is 1. The lowest BCUT2D eigenvalue weighted by Gasteiger charge is -2.52. The third kappa shape index (κ3) is 5.41. The quantitative estimate of drug-likeness (QED) is 0.333. The molecule has 8 heteroatoms. The van der Waals surface area contributed by atoms with Crippen LogP contribution in [0.2, 0.25) is 0 Å². The van der Waals surface area contributed by atoms with E-state index in [1.54, 1.807) is 18.1 Å². The minimum absolute atomic E-state index is 0.0359. The number of rotatable bonds is 7. The highest BCUT2D eigenvalue weighted by molar-refractivity contribution is 5.97. The predicted molar refractivity (Wildman–Crippen MR) is 188 cm³/mol. The lowest BCUT2D eigenvalue weighted by atomic mass is 9.53. The lowest BCUT2D eigenvalue weighted by molar-refractivity contribution is -0.132. The van der Waals surface area contributed by atoms with Crippen LogP contribution in [0, 0.1) is 29.6 Å². The molecule has 3 fully saturated rings. The Hall–Kier alpha value is -4.09. The largest absolute Gasteiger partial charge is 0.495 e. The molecule has 0 bridgehead atoms. The van der Waals surface area contributed by atoms with Gasteiger partial charge in [0.2, 0.25) is 5.91 Å². The molecular formula is C40H48N4O4. The molecule has 1 aromatic heterocycles. The van der Waals surface area contributed by atoms with Crippen molar-refractivity contribution in [1.29, 1.82) is 0 Å². The van der Waals surface area contributed by atoms with Gasteiger partial charge in [-0.1, -0.05) is 44.0 Å². The number of hydrogen-bond acceptors (Lipinski definition) is 6. The highest BCUT2D eigenvalue weighted by atomic mass is 16.5. The van der Waals surface area contributed by atoms with Gasteiger partial charge in [-0.3, -0.25) is 9.59 Å². The molecule has 2 aromatic carbocycles. The van der Waals surface area contributed by atoms with Gasteiger partial charge < -0.3 is 24.5 Å². The summed E-state index contributed by atoms with van der Waals surface area (Å²) in [5.41, 5.74) is 3.81. The first kappa shape index (κ1) is 32.5. The van der Waals surface area contributed by atoms with E-state index in [1.807, 2.05) is 42.2 Å². The van der Waals surface area contributed by atoms with Crippen LogP contribution in [0.1, 0.15) is 79.9 Å². The number of benzene rings is 2. The molecule has 0 unspecified atom stereocenters. The average molecular weight is 649 g/mol. The zero-order valence-electron chi connectivity index (χ0n) is 28.6. The highest BCUT2D eigenvalue weighted by Gasteiger charge is 2.61. The van der Waals surface area contributed by atoms with Crippen LogP contribution in [0.5, 0.6) is 5.75 Å². The van der Waals surface area contributed by atoms with Crippen LogP contribution in [0.3, 0.4) is 0 Å². The number of carbonyl (C=O) groups excluding carboxylic acids is 2. The second-order valence-corrected chi connectivity index (χ2v) is 14.6. The number of methoxy groups -OCH3 is 1. The third-order valence-electron chi connectivity index (χ3n) is 12.3. The average Bonchev–Trinajstić information content (AvgIpc) is 3.40. The van der Waals surface area contributed by atoms with Crippen LogP contribution in [-0.4, -0.2) is 83.7 Å². The Bertz CT molecular complexity index is 1760. The molecule has 0 radical (unpaired) electrons. The summed E-state index contributed by atoms with van der Waals surface area (Å²) in [6, 6.07) is 16.0. The smallest absolute Gasteiger partial charge is 0.272 e. The van der Waals surface area contributed by atoms with Gasteiger partial charge in [-0.05, 0) is 98.1 Å². The van der Waals surface area contributed by atoms with E-state index in [9.17, 15) is 14.7 Å². The normalized spacial score (nSPS) is 27.9. The Morgan fingerprint density at radius 2 is 1.88 bits per heavy atom. The molecule has 2 saturated carbocycles. The van der Waals surface area contributed by atoms with Crippen LogP contribution in [-0.2, 0) is 11.2 Å². The van der Waals surface area contributed by atoms with Gasteiger partial charge in [0.1, 0.15) is 23.6 Å². The van der Waals surface area contributed by atoms with Gasteiger partial charge in [-0.2, -0.15) is 0 Å². The van der Waals surface area contributed by atoms with E-state index in [0.29, 0.717) is 62.6 Å². The zero-order chi connectivity index (χ0) is 33.6. The fourth-order valence-electron chi connectivity index (χ4n) is 9.58. The van der Waals surface area contributed by atoms with Gasteiger partial charge in [0.25, 0.3) is 5.91 Å². The number of pyridine rings is 1. The van der Waals surface area contributed by atoms with Crippen molar-refractivity contribution in [3.05, 3.63) is 65.4 Å². The van der Waals surface area contributed by atoms with Crippen LogP contribution < -0.4 is 9.64 Å². The minimum atomic E-state index is -1.00. The fourth-order valence-corrected chi connectivity index (χ4v) is 9.58. The molecule has 4 aliphatic rings. The SMILES string of the molecule is C#C[C@]1(O)CC[C@H]2[C@@H]3CCc4cc(OC)c(N5CCN(C(=O)CN(CCC)C(=O)c6ccc7ccccc7n6)CC5)cc4[C@H]3CC[C@@]21C. The molecule has 3 aliphatic carbocycles. The van der Waals surface area contributed by atoms with Gasteiger partial charge >= 0.3 is 0 Å². The van der Waals surface area contributed by atoms with Crippen molar-refractivity contribution in [2.75, 3.05) is 51.3 Å². The maximum Gasteiger partial charge on any atom is 0.272 e. The van der Waals surface area contributed by atoms with Crippen molar-refractivity contribution in [2.24, 2.45) is 17.3 Å². The van der Waals surface area contributed by atoms with Crippen molar-refractivity contribution < 1.29 is 19.4 Å². The monoisotopic (exact) mass is 648 g/mol. The van der Waals surface area contributed by atoms with E-state index in [0.717, 1.165) is 60.9 Å². The number of piperazine rings is 1. The minimum Gasteiger partial charge on any atom is -0.495 e. The third-order valence-corrected chi connectivity index (χ3v) is 12.3. The molecule has 2 heterocycles. The van der Waals surface area contributed by atoms with Gasteiger partial charge in [0.05, 0.1) is 18.3 Å². The van der Waals surface area contributed by atoms with Crippen LogP contribution in [0.25, 0.3) is 10.9 Å². The number of hydrogen-bond donors (Lipinski definition) is 1. The number of ether oxygens (including phenoxy) is 1. The molecule has 5 atom stereocenters. The van der Waals surface area contributed by atoms with Gasteiger partial charge in [0.15, 0.2) is 0 Å². The molecule has 2 amide bonds. The number of aliphatic hydroxyl groups is 1. The van der Waals surface area contributed by atoms with Crippen molar-refractivity contribution in [2.45, 2.75) is 70.3 Å². The predicted octanol–water partition coefficient (Wildman–Crippen LogP) is 5.66. The Balaban J connectivity index is 1.04. The number of fused-ring (bicyclic) bond motifs is 6. The summed E-state index contributed by atoms with van der Waals surface area (Å²) < 4.78 is 5.95. The van der Waals surface area contributed by atoms with Gasteiger partial charge in [-0.15, -0.1) is 6.42 Å².